The third kappa shape index (κ3) is 3.49. The molecule has 0 heterocycles. The highest BCUT2D eigenvalue weighted by molar-refractivity contribution is 5.80. The average molecular weight is 279 g/mol. The predicted octanol–water partition coefficient (Wildman–Crippen LogP) is 1.20. The quantitative estimate of drug-likeness (QED) is 0.768. The molecule has 20 heavy (non-hydrogen) atoms. The molecule has 5 nitrogen and oxygen atoms in total. The molecular formula is C15H21NO4. The number of nitrogens with one attached hydrogen (secondary N) is 1. The van der Waals surface area contributed by atoms with Crippen molar-refractivity contribution in [1.82, 2.24) is 5.32 Å². The Morgan fingerprint density at radius 1 is 1.55 bits per heavy atom. The fourth-order valence-corrected chi connectivity index (χ4v) is 2.32. The van der Waals surface area contributed by atoms with Crippen LogP contribution in [0.15, 0.2) is 18.2 Å². The minimum absolute atomic E-state index is 0.164. The number of carbonyl (C=O) groups excluding carboxylic acids is 1. The predicted molar refractivity (Wildman–Crippen MR) is 74.7 cm³/mol. The molecule has 1 aromatic carbocycles. The third-order valence-electron chi connectivity index (χ3n) is 3.45. The van der Waals surface area contributed by atoms with Gasteiger partial charge in [-0.2, -0.15) is 0 Å². The first-order valence-corrected chi connectivity index (χ1v) is 6.86. The van der Waals surface area contributed by atoms with Crippen molar-refractivity contribution in [3.8, 4) is 5.75 Å². The smallest absolute Gasteiger partial charge is 0.260 e. The van der Waals surface area contributed by atoms with Crippen molar-refractivity contribution in [2.75, 3.05) is 20.3 Å². The van der Waals surface area contributed by atoms with Gasteiger partial charge >= 0.3 is 0 Å². The first kappa shape index (κ1) is 14.8. The van der Waals surface area contributed by atoms with E-state index < -0.39 is 6.10 Å². The molecular weight excluding hydrogens is 258 g/mol. The summed E-state index contributed by atoms with van der Waals surface area (Å²) in [6.45, 7) is 2.67. The maximum absolute atomic E-state index is 11.8. The molecule has 0 fully saturated rings. The zero-order valence-corrected chi connectivity index (χ0v) is 11.9. The molecule has 1 aromatic rings. The van der Waals surface area contributed by atoms with Gasteiger partial charge in [-0.15, -0.1) is 0 Å². The Labute approximate surface area is 118 Å². The first-order chi connectivity index (χ1) is 9.61. The minimum Gasteiger partial charge on any atom is -0.481 e. The number of methoxy groups -OCH3 is 1. The number of carbonyl (C=O) groups is 1. The number of hydrogen-bond acceptors (Lipinski definition) is 4. The fraction of sp³-hybridized carbons (Fsp3) is 0.533. The molecule has 5 heteroatoms. The van der Waals surface area contributed by atoms with Crippen molar-refractivity contribution in [1.29, 1.82) is 0 Å². The summed E-state index contributed by atoms with van der Waals surface area (Å²) in [6, 6.07) is 5.58. The Balaban J connectivity index is 1.91. The molecule has 2 N–H and O–H groups in total. The summed E-state index contributed by atoms with van der Waals surface area (Å²) < 4.78 is 10.5. The van der Waals surface area contributed by atoms with Crippen LogP contribution in [0.4, 0.5) is 0 Å². The van der Waals surface area contributed by atoms with Crippen LogP contribution in [-0.2, 0) is 16.0 Å². The highest BCUT2D eigenvalue weighted by atomic mass is 16.5. The van der Waals surface area contributed by atoms with E-state index in [0.717, 1.165) is 24.0 Å². The van der Waals surface area contributed by atoms with Crippen molar-refractivity contribution < 1.29 is 19.4 Å². The highest BCUT2D eigenvalue weighted by Gasteiger charge is 2.21. The molecule has 2 rings (SSSR count). The number of benzene rings is 1. The number of ether oxygens (including phenoxy) is 2. The number of aryl methyl sites for hydroxylation is 1. The van der Waals surface area contributed by atoms with E-state index in [0.29, 0.717) is 18.9 Å². The van der Waals surface area contributed by atoms with Gasteiger partial charge < -0.3 is 19.9 Å². The van der Waals surface area contributed by atoms with Gasteiger partial charge in [0.15, 0.2) is 6.10 Å². The lowest BCUT2D eigenvalue weighted by Crippen LogP contribution is -2.37. The second kappa shape index (κ2) is 6.72. The summed E-state index contributed by atoms with van der Waals surface area (Å²) in [5.41, 5.74) is 2.07. The number of amides is 1. The highest BCUT2D eigenvalue weighted by Crippen LogP contribution is 2.33. The van der Waals surface area contributed by atoms with Gasteiger partial charge in [-0.05, 0) is 43.0 Å². The Bertz CT molecular complexity index is 475. The standard InChI is InChI=1S/C15H21NO4/c1-10(15(18)16-7-8-19-2)20-12-4-5-13-11(9-12)3-6-14(13)17/h4-5,9-10,14,17H,3,6-8H2,1-2H3,(H,16,18). The van der Waals surface area contributed by atoms with Gasteiger partial charge in [0, 0.05) is 13.7 Å². The van der Waals surface area contributed by atoms with Crippen molar-refractivity contribution in [3.63, 3.8) is 0 Å². The molecule has 0 aromatic heterocycles. The normalized spacial score (nSPS) is 18.4. The van der Waals surface area contributed by atoms with Crippen molar-refractivity contribution in [3.05, 3.63) is 29.3 Å². The molecule has 0 saturated carbocycles. The van der Waals surface area contributed by atoms with Gasteiger partial charge in [-0.3, -0.25) is 4.79 Å². The topological polar surface area (TPSA) is 67.8 Å². The molecule has 2 unspecified atom stereocenters. The Morgan fingerprint density at radius 2 is 2.35 bits per heavy atom. The van der Waals surface area contributed by atoms with Crippen LogP contribution in [0.5, 0.6) is 5.75 Å². The molecule has 0 radical (unpaired) electrons. The van der Waals surface area contributed by atoms with E-state index in [1.807, 2.05) is 12.1 Å². The zero-order chi connectivity index (χ0) is 14.5. The monoisotopic (exact) mass is 279 g/mol. The molecule has 1 aliphatic rings. The number of fused-ring (bicyclic) bond motifs is 1. The maximum atomic E-state index is 11.8. The number of hydrogen-bond donors (Lipinski definition) is 2. The average Bonchev–Trinajstić information content (AvgIpc) is 2.80. The van der Waals surface area contributed by atoms with E-state index >= 15 is 0 Å². The molecule has 110 valence electrons. The molecule has 1 amide bonds. The fourth-order valence-electron chi connectivity index (χ4n) is 2.32. The second-order valence-corrected chi connectivity index (χ2v) is 4.96. The lowest BCUT2D eigenvalue weighted by molar-refractivity contribution is -0.127. The van der Waals surface area contributed by atoms with E-state index in [2.05, 4.69) is 5.32 Å². The SMILES string of the molecule is COCCNC(=O)C(C)Oc1ccc2c(c1)CCC2O. The lowest BCUT2D eigenvalue weighted by Gasteiger charge is -2.15. The van der Waals surface area contributed by atoms with E-state index in [1.165, 1.54) is 0 Å². The van der Waals surface area contributed by atoms with Gasteiger partial charge in [0.2, 0.25) is 0 Å². The van der Waals surface area contributed by atoms with E-state index in [1.54, 1.807) is 20.1 Å². The largest absolute Gasteiger partial charge is 0.481 e. The Kier molecular flexibility index (Phi) is 4.98. The number of rotatable bonds is 6. The second-order valence-electron chi connectivity index (χ2n) is 4.96. The van der Waals surface area contributed by atoms with Crippen molar-refractivity contribution in [2.45, 2.75) is 32.0 Å². The Hall–Kier alpha value is -1.59. The van der Waals surface area contributed by atoms with Crippen molar-refractivity contribution >= 4 is 5.91 Å². The summed E-state index contributed by atoms with van der Waals surface area (Å²) >= 11 is 0. The van der Waals surface area contributed by atoms with Crippen LogP contribution in [0, 0.1) is 0 Å². The van der Waals surface area contributed by atoms with Crippen LogP contribution in [0.25, 0.3) is 0 Å². The van der Waals surface area contributed by atoms with Crippen LogP contribution in [-0.4, -0.2) is 37.4 Å². The van der Waals surface area contributed by atoms with E-state index in [-0.39, 0.29) is 12.0 Å². The van der Waals surface area contributed by atoms with Gasteiger partial charge in [-0.25, -0.2) is 0 Å². The number of aliphatic hydroxyl groups excluding tert-OH is 1. The summed E-state index contributed by atoms with van der Waals surface area (Å²) in [6.07, 6.45) is 0.679. The van der Waals surface area contributed by atoms with Crippen molar-refractivity contribution in [2.24, 2.45) is 0 Å². The molecule has 2 atom stereocenters. The van der Waals surface area contributed by atoms with Crippen LogP contribution in [0.3, 0.4) is 0 Å². The molecule has 0 saturated heterocycles. The van der Waals surface area contributed by atoms with Crippen LogP contribution < -0.4 is 10.1 Å². The van der Waals surface area contributed by atoms with Gasteiger partial charge in [-0.1, -0.05) is 6.07 Å². The number of aliphatic hydroxyl groups is 1. The summed E-state index contributed by atoms with van der Waals surface area (Å²) in [5.74, 6) is 0.495. The summed E-state index contributed by atoms with van der Waals surface area (Å²) in [4.78, 5) is 11.8. The van der Waals surface area contributed by atoms with Crippen LogP contribution >= 0.6 is 0 Å². The summed E-state index contributed by atoms with van der Waals surface area (Å²) in [5, 5.41) is 12.5. The van der Waals surface area contributed by atoms with Gasteiger partial charge in [0.1, 0.15) is 5.75 Å². The first-order valence-electron chi connectivity index (χ1n) is 6.86. The summed E-state index contributed by atoms with van der Waals surface area (Å²) in [7, 11) is 1.59. The van der Waals surface area contributed by atoms with Gasteiger partial charge in [0.25, 0.3) is 5.91 Å². The Morgan fingerprint density at radius 3 is 3.10 bits per heavy atom. The molecule has 1 aliphatic carbocycles. The van der Waals surface area contributed by atoms with Crippen LogP contribution in [0.1, 0.15) is 30.6 Å². The maximum Gasteiger partial charge on any atom is 0.260 e. The zero-order valence-electron chi connectivity index (χ0n) is 11.9. The van der Waals surface area contributed by atoms with Crippen LogP contribution in [0.2, 0.25) is 0 Å². The molecule has 0 aliphatic heterocycles. The lowest BCUT2D eigenvalue weighted by atomic mass is 10.1. The van der Waals surface area contributed by atoms with Gasteiger partial charge in [0.05, 0.1) is 12.7 Å². The minimum atomic E-state index is -0.559. The third-order valence-corrected chi connectivity index (χ3v) is 3.45. The molecule has 0 bridgehead atoms. The van der Waals surface area contributed by atoms with E-state index in [9.17, 15) is 9.90 Å². The molecule has 0 spiro atoms. The van der Waals surface area contributed by atoms with E-state index in [4.69, 9.17) is 9.47 Å².